The summed E-state index contributed by atoms with van der Waals surface area (Å²) >= 11 is 13.0. The first-order chi connectivity index (χ1) is 18.2. The van der Waals surface area contributed by atoms with Gasteiger partial charge in [0.15, 0.2) is 6.10 Å². The van der Waals surface area contributed by atoms with E-state index in [1.165, 1.54) is 4.90 Å². The number of rotatable bonds is 9. The molecule has 1 aliphatic heterocycles. The van der Waals surface area contributed by atoms with Gasteiger partial charge in [0.1, 0.15) is 22.0 Å². The lowest BCUT2D eigenvalue weighted by molar-refractivity contribution is -0.143. The van der Waals surface area contributed by atoms with Gasteiger partial charge in [0.25, 0.3) is 0 Å². The summed E-state index contributed by atoms with van der Waals surface area (Å²) in [4.78, 5) is 53.8. The Morgan fingerprint density at radius 1 is 1.05 bits per heavy atom. The van der Waals surface area contributed by atoms with Crippen LogP contribution in [0.3, 0.4) is 0 Å². The monoisotopic (exact) mass is 588 g/mol. The summed E-state index contributed by atoms with van der Waals surface area (Å²) in [6.45, 7) is 5.41. The first-order valence-electron chi connectivity index (χ1n) is 14.2. The number of alkyl halides is 2. The molecule has 4 fully saturated rings. The van der Waals surface area contributed by atoms with Crippen LogP contribution in [0.5, 0.6) is 0 Å². The van der Waals surface area contributed by atoms with Crippen LogP contribution in [0.1, 0.15) is 78.6 Å². The summed E-state index contributed by atoms with van der Waals surface area (Å²) in [6.07, 6.45) is 5.60. The number of amides is 4. The molecule has 4 amide bonds. The molecule has 4 rings (SSSR count). The van der Waals surface area contributed by atoms with Crippen LogP contribution in [0.15, 0.2) is 0 Å². The fraction of sp³-hybridized carbons (Fsp3) is 0.852. The second-order valence-electron chi connectivity index (χ2n) is 12.8. The van der Waals surface area contributed by atoms with Crippen LogP contribution in [0.4, 0.5) is 4.79 Å². The number of carbonyl (C=O) groups excluding carboxylic acids is 4. The molecule has 3 aliphatic carbocycles. The Kier molecular flexibility index (Phi) is 8.98. The Balaban J connectivity index is 1.55. The third-order valence-electron chi connectivity index (χ3n) is 8.76. The second-order valence-corrected chi connectivity index (χ2v) is 14.2. The van der Waals surface area contributed by atoms with Crippen molar-refractivity contribution in [1.82, 2.24) is 15.5 Å². The van der Waals surface area contributed by atoms with Gasteiger partial charge in [-0.15, -0.1) is 23.2 Å². The average molecular weight is 590 g/mol. The van der Waals surface area contributed by atoms with E-state index in [1.54, 1.807) is 20.8 Å². The molecule has 1 saturated heterocycles. The summed E-state index contributed by atoms with van der Waals surface area (Å²) < 4.78 is 4.29. The van der Waals surface area contributed by atoms with Crippen molar-refractivity contribution in [2.45, 2.75) is 113 Å². The van der Waals surface area contributed by atoms with E-state index >= 15 is 0 Å². The molecule has 0 aromatic heterocycles. The predicted molar refractivity (Wildman–Crippen MR) is 146 cm³/mol. The summed E-state index contributed by atoms with van der Waals surface area (Å²) in [7, 11) is 0. The van der Waals surface area contributed by atoms with Gasteiger partial charge in [0.05, 0.1) is 6.04 Å². The quantitative estimate of drug-likeness (QED) is 0.304. The van der Waals surface area contributed by atoms with Crippen molar-refractivity contribution < 1.29 is 29.0 Å². The highest BCUT2D eigenvalue weighted by molar-refractivity contribution is 6.51. The van der Waals surface area contributed by atoms with Gasteiger partial charge < -0.3 is 31.1 Å². The topological polar surface area (TPSA) is 151 Å². The summed E-state index contributed by atoms with van der Waals surface area (Å²) in [5.41, 5.74) is 4.63. The van der Waals surface area contributed by atoms with Crippen molar-refractivity contribution >= 4 is 47.0 Å². The van der Waals surface area contributed by atoms with Gasteiger partial charge in [-0.05, 0) is 51.9 Å². The average Bonchev–Trinajstić information content (AvgIpc) is 3.15. The highest BCUT2D eigenvalue weighted by atomic mass is 35.5. The van der Waals surface area contributed by atoms with E-state index in [0.29, 0.717) is 6.42 Å². The number of likely N-dealkylation sites (tertiary alicyclic amines) is 1. The van der Waals surface area contributed by atoms with Crippen LogP contribution < -0.4 is 16.4 Å². The molecule has 0 radical (unpaired) electrons. The van der Waals surface area contributed by atoms with E-state index in [1.807, 2.05) is 0 Å². The molecule has 3 saturated carbocycles. The standard InChI is InChI=1S/C27H42Cl2N4O6/c1-26(2,3)39-25(38)32-19(15-10-5-4-6-11-15)24(37)33-13-16-18(27(16,28)29)20(33)23(36)31-17(21(34)22(30)35)12-14-8-7-9-14/h14-21,34H,4-13H2,1-3H3,(H2,30,35)(H,31,36)(H,32,38). The fourth-order valence-electron chi connectivity index (χ4n) is 6.42. The van der Waals surface area contributed by atoms with Gasteiger partial charge in [-0.3, -0.25) is 14.4 Å². The number of hydrogen-bond donors (Lipinski definition) is 4. The number of hydrogen-bond acceptors (Lipinski definition) is 6. The van der Waals surface area contributed by atoms with Crippen LogP contribution in [-0.4, -0.2) is 74.5 Å². The van der Waals surface area contributed by atoms with Gasteiger partial charge in [-0.25, -0.2) is 4.79 Å². The number of aliphatic hydroxyl groups is 1. The van der Waals surface area contributed by atoms with Crippen LogP contribution in [0.25, 0.3) is 0 Å². The first-order valence-corrected chi connectivity index (χ1v) is 14.9. The van der Waals surface area contributed by atoms with Crippen molar-refractivity contribution in [3.63, 3.8) is 0 Å². The summed E-state index contributed by atoms with van der Waals surface area (Å²) in [5, 5.41) is 16.1. The zero-order chi connectivity index (χ0) is 28.7. The molecule has 220 valence electrons. The normalized spacial score (nSPS) is 28.9. The number of carbonyl (C=O) groups is 4. The Morgan fingerprint density at radius 2 is 1.69 bits per heavy atom. The molecule has 10 nitrogen and oxygen atoms in total. The number of nitrogens with zero attached hydrogens (tertiary/aromatic N) is 1. The summed E-state index contributed by atoms with van der Waals surface area (Å²) in [5.74, 6) is -2.48. The minimum atomic E-state index is -1.56. The Morgan fingerprint density at radius 3 is 2.23 bits per heavy atom. The second kappa shape index (κ2) is 11.6. The third-order valence-corrected chi connectivity index (χ3v) is 9.82. The van der Waals surface area contributed by atoms with Crippen molar-refractivity contribution in [2.24, 2.45) is 29.4 Å². The van der Waals surface area contributed by atoms with Crippen LogP contribution in [0.2, 0.25) is 0 Å². The maximum absolute atomic E-state index is 14.1. The summed E-state index contributed by atoms with van der Waals surface area (Å²) in [6, 6.07) is -2.76. The third kappa shape index (κ3) is 6.76. The maximum atomic E-state index is 14.1. The molecule has 1 heterocycles. The SMILES string of the molecule is CC(C)(C)OC(=O)NC(C(=O)N1CC2C(C1C(=O)NC(CC1CCC1)C(O)C(N)=O)C2(Cl)Cl)C1CCCCC1. The fourth-order valence-corrected chi connectivity index (χ4v) is 7.24. The van der Waals surface area contributed by atoms with Gasteiger partial charge in [-0.1, -0.05) is 38.5 Å². The van der Waals surface area contributed by atoms with Gasteiger partial charge in [0.2, 0.25) is 17.7 Å². The van der Waals surface area contributed by atoms with Gasteiger partial charge in [-0.2, -0.15) is 0 Å². The van der Waals surface area contributed by atoms with E-state index in [9.17, 15) is 24.3 Å². The number of nitrogens with one attached hydrogen (secondary N) is 2. The zero-order valence-corrected chi connectivity index (χ0v) is 24.5. The van der Waals surface area contributed by atoms with Crippen molar-refractivity contribution in [3.8, 4) is 0 Å². The minimum absolute atomic E-state index is 0.0979. The van der Waals surface area contributed by atoms with E-state index < -0.39 is 58.0 Å². The number of aliphatic hydroxyl groups excluding tert-OH is 1. The maximum Gasteiger partial charge on any atom is 0.408 e. The molecule has 5 N–H and O–H groups in total. The number of halogens is 2. The first kappa shape index (κ1) is 30.2. The number of ether oxygens (including phenoxy) is 1. The highest BCUT2D eigenvalue weighted by Gasteiger charge is 2.74. The lowest BCUT2D eigenvalue weighted by atomic mass is 9.79. The van der Waals surface area contributed by atoms with E-state index in [2.05, 4.69) is 10.6 Å². The number of primary amides is 1. The molecule has 0 spiro atoms. The number of alkyl carbamates (subject to hydrolysis) is 1. The largest absolute Gasteiger partial charge is 0.444 e. The highest BCUT2D eigenvalue weighted by Crippen LogP contribution is 2.65. The molecule has 39 heavy (non-hydrogen) atoms. The molecule has 12 heteroatoms. The van der Waals surface area contributed by atoms with Crippen LogP contribution >= 0.6 is 23.2 Å². The lowest BCUT2D eigenvalue weighted by Gasteiger charge is -2.37. The van der Waals surface area contributed by atoms with Crippen LogP contribution in [0, 0.1) is 23.7 Å². The minimum Gasteiger partial charge on any atom is -0.444 e. The smallest absolute Gasteiger partial charge is 0.408 e. The Bertz CT molecular complexity index is 962. The van der Waals surface area contributed by atoms with E-state index in [0.717, 1.165) is 51.4 Å². The van der Waals surface area contributed by atoms with Crippen molar-refractivity contribution in [3.05, 3.63) is 0 Å². The lowest BCUT2D eigenvalue weighted by Crippen LogP contribution is -2.60. The molecular weight excluding hydrogens is 547 g/mol. The van der Waals surface area contributed by atoms with Crippen LogP contribution in [-0.2, 0) is 19.1 Å². The van der Waals surface area contributed by atoms with Crippen molar-refractivity contribution in [2.75, 3.05) is 6.54 Å². The Labute approximate surface area is 240 Å². The van der Waals surface area contributed by atoms with E-state index in [-0.39, 0.29) is 30.2 Å². The van der Waals surface area contributed by atoms with Gasteiger partial charge in [0, 0.05) is 18.4 Å². The van der Waals surface area contributed by atoms with E-state index in [4.69, 9.17) is 33.7 Å². The molecule has 0 aromatic carbocycles. The molecule has 6 unspecified atom stereocenters. The number of piperidine rings is 1. The van der Waals surface area contributed by atoms with Gasteiger partial charge >= 0.3 is 6.09 Å². The Hall–Kier alpha value is -1.78. The molecule has 4 aliphatic rings. The molecular formula is C27H42Cl2N4O6. The number of nitrogens with two attached hydrogens (primary N) is 1. The predicted octanol–water partition coefficient (Wildman–Crippen LogP) is 2.61. The molecule has 6 atom stereocenters. The zero-order valence-electron chi connectivity index (χ0n) is 23.0. The number of fused-ring (bicyclic) bond motifs is 1. The molecule has 0 bridgehead atoms. The van der Waals surface area contributed by atoms with Crippen molar-refractivity contribution in [1.29, 1.82) is 0 Å². The molecule has 0 aromatic rings.